The van der Waals surface area contributed by atoms with Crippen molar-refractivity contribution >= 4 is 41.2 Å². The number of aryl methyl sites for hydroxylation is 1. The molecule has 3 amide bonds. The van der Waals surface area contributed by atoms with E-state index < -0.39 is 6.16 Å². The topological polar surface area (TPSA) is 105 Å². The number of hydrogen-bond acceptors (Lipinski definition) is 7. The minimum atomic E-state index is -0.781. The third-order valence-corrected chi connectivity index (χ3v) is 10.7. The number of benzene rings is 1. The number of fused-ring (bicyclic) bond motifs is 1. The number of ether oxygens (including phenoxy) is 2. The van der Waals surface area contributed by atoms with Gasteiger partial charge < -0.3 is 33.6 Å². The average Bonchev–Trinajstić information content (AvgIpc) is 3.67. The van der Waals surface area contributed by atoms with Crippen LogP contribution < -0.4 is 9.64 Å². The lowest BCUT2D eigenvalue weighted by Crippen LogP contribution is -2.44. The summed E-state index contributed by atoms with van der Waals surface area (Å²) in [5.74, 6) is 1.11. The normalized spacial score (nSPS) is 20.0. The predicted octanol–water partition coefficient (Wildman–Crippen LogP) is 4.82. The highest BCUT2D eigenvalue weighted by Gasteiger charge is 2.42. The zero-order valence-corrected chi connectivity index (χ0v) is 29.3. The molecule has 0 spiro atoms. The maximum Gasteiger partial charge on any atom is 0.515 e. The van der Waals surface area contributed by atoms with Crippen LogP contribution in [-0.4, -0.2) is 102 Å². The summed E-state index contributed by atoms with van der Waals surface area (Å²) >= 11 is 6.48. The number of carbonyl (C=O) groups is 4. The molecule has 5 rings (SSSR count). The second kappa shape index (κ2) is 14.7. The Bertz CT molecular complexity index is 1500. The van der Waals surface area contributed by atoms with E-state index in [9.17, 15) is 19.2 Å². The van der Waals surface area contributed by atoms with E-state index in [0.717, 1.165) is 43.0 Å². The molecule has 3 aliphatic heterocycles. The fourth-order valence-electron chi connectivity index (χ4n) is 7.46. The molecule has 3 saturated heterocycles. The first-order valence-electron chi connectivity index (χ1n) is 16.7. The first kappa shape index (κ1) is 34.8. The Morgan fingerprint density at radius 1 is 0.979 bits per heavy atom. The number of halogens is 1. The van der Waals surface area contributed by atoms with Crippen molar-refractivity contribution in [3.05, 3.63) is 45.6 Å². The van der Waals surface area contributed by atoms with Gasteiger partial charge in [-0.05, 0) is 83.0 Å². The van der Waals surface area contributed by atoms with Crippen LogP contribution in [-0.2, 0) is 21.4 Å². The highest BCUT2D eigenvalue weighted by molar-refractivity contribution is 6.31. The summed E-state index contributed by atoms with van der Waals surface area (Å²) in [4.78, 5) is 59.4. The standard InChI is InChI=1S/C35H48ClN5O6/c1-7-46-35(45)47-34-23(3)31(24(4)37(34)6)33(44)40-20-27-18-38(19-28(27)21-40)13-8-14-41(29-10-9-22(2)30(36)17-29)32(43)26-11-15-39(16-12-26)25(5)42/h9-10,17,26-28H,7-8,11-16,18-21H2,1-6H3. The molecule has 3 aliphatic rings. The van der Waals surface area contributed by atoms with Crippen LogP contribution in [0.25, 0.3) is 0 Å². The summed E-state index contributed by atoms with van der Waals surface area (Å²) < 4.78 is 12.1. The fraction of sp³-hybridized carbons (Fsp3) is 0.600. The van der Waals surface area contributed by atoms with Gasteiger partial charge >= 0.3 is 6.16 Å². The molecule has 2 unspecified atom stereocenters. The van der Waals surface area contributed by atoms with Crippen LogP contribution in [0.2, 0.25) is 5.02 Å². The lowest BCUT2D eigenvalue weighted by molar-refractivity contribution is -0.133. The molecule has 2 aromatic rings. The smallest absolute Gasteiger partial charge is 0.434 e. The molecule has 256 valence electrons. The van der Waals surface area contributed by atoms with Gasteiger partial charge in [-0.2, -0.15) is 0 Å². The molecule has 11 nitrogen and oxygen atoms in total. The van der Waals surface area contributed by atoms with Crippen LogP contribution in [0.5, 0.6) is 5.88 Å². The van der Waals surface area contributed by atoms with E-state index in [1.165, 1.54) is 0 Å². The zero-order valence-electron chi connectivity index (χ0n) is 28.5. The Morgan fingerprint density at radius 3 is 2.23 bits per heavy atom. The predicted molar refractivity (Wildman–Crippen MR) is 180 cm³/mol. The molecule has 0 radical (unpaired) electrons. The van der Waals surface area contributed by atoms with Crippen molar-refractivity contribution in [3.8, 4) is 5.88 Å². The largest absolute Gasteiger partial charge is 0.515 e. The Hall–Kier alpha value is -3.57. The van der Waals surface area contributed by atoms with E-state index in [4.69, 9.17) is 21.1 Å². The minimum Gasteiger partial charge on any atom is -0.434 e. The van der Waals surface area contributed by atoms with Crippen LogP contribution in [0, 0.1) is 38.5 Å². The SMILES string of the molecule is CCOC(=O)Oc1c(C)c(C(=O)N2CC3CN(CCCN(C(=O)C4CCN(C(C)=O)CC4)c4ccc(C)c(Cl)c4)CC3C2)c(C)n1C. The van der Waals surface area contributed by atoms with Gasteiger partial charge in [-0.1, -0.05) is 17.7 Å². The number of hydrogen-bond donors (Lipinski definition) is 0. The number of aromatic nitrogens is 1. The molecule has 0 saturated carbocycles. The Morgan fingerprint density at radius 2 is 1.64 bits per heavy atom. The minimum absolute atomic E-state index is 0.0321. The van der Waals surface area contributed by atoms with Gasteiger partial charge in [0.1, 0.15) is 0 Å². The van der Waals surface area contributed by atoms with Crippen molar-refractivity contribution in [3.63, 3.8) is 0 Å². The molecule has 12 heteroatoms. The number of carbonyl (C=O) groups excluding carboxylic acids is 4. The second-order valence-electron chi connectivity index (χ2n) is 13.3. The van der Waals surface area contributed by atoms with Gasteiger partial charge in [0, 0.05) is 87.7 Å². The number of anilines is 1. The van der Waals surface area contributed by atoms with E-state index in [-0.39, 0.29) is 30.2 Å². The van der Waals surface area contributed by atoms with E-state index in [1.54, 1.807) is 32.4 Å². The molecular formula is C35H48ClN5O6. The average molecular weight is 670 g/mol. The van der Waals surface area contributed by atoms with Gasteiger partial charge in [-0.25, -0.2) is 4.79 Å². The summed E-state index contributed by atoms with van der Waals surface area (Å²) in [5, 5.41) is 0.641. The van der Waals surface area contributed by atoms with Crippen molar-refractivity contribution < 1.29 is 28.7 Å². The number of nitrogens with zero attached hydrogens (tertiary/aromatic N) is 5. The molecule has 1 aromatic carbocycles. The highest BCUT2D eigenvalue weighted by Crippen LogP contribution is 2.35. The number of likely N-dealkylation sites (tertiary alicyclic amines) is 3. The van der Waals surface area contributed by atoms with Crippen LogP contribution in [0.4, 0.5) is 10.5 Å². The molecule has 0 aliphatic carbocycles. The summed E-state index contributed by atoms with van der Waals surface area (Å²) in [6.07, 6.45) is 1.37. The summed E-state index contributed by atoms with van der Waals surface area (Å²) in [6.45, 7) is 15.0. The van der Waals surface area contributed by atoms with E-state index in [2.05, 4.69) is 4.90 Å². The maximum absolute atomic E-state index is 13.8. The molecular weight excluding hydrogens is 622 g/mol. The summed E-state index contributed by atoms with van der Waals surface area (Å²) in [6, 6.07) is 5.81. The van der Waals surface area contributed by atoms with Crippen molar-refractivity contribution in [1.82, 2.24) is 19.3 Å². The maximum atomic E-state index is 13.8. The molecule has 1 aromatic heterocycles. The van der Waals surface area contributed by atoms with Crippen LogP contribution in [0.1, 0.15) is 60.3 Å². The number of rotatable bonds is 9. The summed E-state index contributed by atoms with van der Waals surface area (Å²) in [5.41, 5.74) is 3.76. The molecule has 0 N–H and O–H groups in total. The lowest BCUT2D eigenvalue weighted by Gasteiger charge is -2.34. The van der Waals surface area contributed by atoms with Crippen molar-refractivity contribution in [2.75, 3.05) is 63.9 Å². The Labute approximate surface area is 282 Å². The van der Waals surface area contributed by atoms with Gasteiger partial charge in [0.25, 0.3) is 5.91 Å². The van der Waals surface area contributed by atoms with Crippen LogP contribution in [0.15, 0.2) is 18.2 Å². The third kappa shape index (κ3) is 7.46. The van der Waals surface area contributed by atoms with Crippen LogP contribution >= 0.6 is 11.6 Å². The number of piperidine rings is 1. The first-order chi connectivity index (χ1) is 22.4. The van der Waals surface area contributed by atoms with Crippen molar-refractivity contribution in [1.29, 1.82) is 0 Å². The molecule has 0 bridgehead atoms. The van der Waals surface area contributed by atoms with Crippen molar-refractivity contribution in [2.45, 2.75) is 53.9 Å². The first-order valence-corrected chi connectivity index (χ1v) is 17.1. The van der Waals surface area contributed by atoms with E-state index in [1.807, 2.05) is 46.7 Å². The van der Waals surface area contributed by atoms with Crippen molar-refractivity contribution in [2.24, 2.45) is 24.8 Å². The van der Waals surface area contributed by atoms with Gasteiger partial charge in [0.15, 0.2) is 0 Å². The van der Waals surface area contributed by atoms with E-state index >= 15 is 0 Å². The third-order valence-electron chi connectivity index (χ3n) is 10.2. The molecule has 4 heterocycles. The fourth-order valence-corrected chi connectivity index (χ4v) is 7.64. The van der Waals surface area contributed by atoms with Gasteiger partial charge in [-0.15, -0.1) is 0 Å². The Kier molecular flexibility index (Phi) is 10.9. The molecule has 2 atom stereocenters. The monoisotopic (exact) mass is 669 g/mol. The number of amides is 3. The Balaban J connectivity index is 1.17. The van der Waals surface area contributed by atoms with Crippen LogP contribution in [0.3, 0.4) is 0 Å². The summed E-state index contributed by atoms with van der Waals surface area (Å²) in [7, 11) is 1.78. The lowest BCUT2D eigenvalue weighted by atomic mass is 9.94. The van der Waals surface area contributed by atoms with E-state index in [0.29, 0.717) is 79.4 Å². The second-order valence-corrected chi connectivity index (χ2v) is 13.7. The molecule has 3 fully saturated rings. The quantitative estimate of drug-likeness (QED) is 0.353. The van der Waals surface area contributed by atoms with Gasteiger partial charge in [0.05, 0.1) is 12.2 Å². The van der Waals surface area contributed by atoms with Gasteiger partial charge in [-0.3, -0.25) is 14.4 Å². The van der Waals surface area contributed by atoms with Gasteiger partial charge in [0.2, 0.25) is 17.7 Å². The highest BCUT2D eigenvalue weighted by atomic mass is 35.5. The zero-order chi connectivity index (χ0) is 34.0. The molecule has 47 heavy (non-hydrogen) atoms.